The molecule has 0 atom stereocenters. The normalized spacial score (nSPS) is 26.0. The van der Waals surface area contributed by atoms with Gasteiger partial charge in [-0.25, -0.2) is 0 Å². The van der Waals surface area contributed by atoms with E-state index in [1.807, 2.05) is 0 Å². The number of alkyl halides is 5. The van der Waals surface area contributed by atoms with Crippen LogP contribution in [-0.4, -0.2) is 12.3 Å². The minimum absolute atomic E-state index is 0.470. The summed E-state index contributed by atoms with van der Waals surface area (Å²) >= 11 is 0. The fraction of sp³-hybridized carbons (Fsp3) is 0.793. The highest BCUT2D eigenvalue weighted by molar-refractivity contribution is 5.27. The molecule has 0 bridgehead atoms. The molecular formula is C29H43F5O. The van der Waals surface area contributed by atoms with Crippen molar-refractivity contribution in [1.82, 2.24) is 0 Å². The number of ether oxygens (including phenoxy) is 1. The second-order valence-electron chi connectivity index (χ2n) is 11.1. The molecule has 0 aliphatic heterocycles. The van der Waals surface area contributed by atoms with Gasteiger partial charge in [0.25, 0.3) is 0 Å². The van der Waals surface area contributed by atoms with Crippen molar-refractivity contribution in [2.75, 3.05) is 0 Å². The maximum absolute atomic E-state index is 13.0. The van der Waals surface area contributed by atoms with Crippen LogP contribution >= 0.6 is 0 Å². The first-order valence-electron chi connectivity index (χ1n) is 13.9. The molecule has 2 aliphatic rings. The maximum Gasteiger partial charge on any atom is 0.499 e. The van der Waals surface area contributed by atoms with E-state index in [0.717, 1.165) is 36.2 Å². The van der Waals surface area contributed by atoms with Crippen LogP contribution in [0, 0.1) is 23.7 Å². The van der Waals surface area contributed by atoms with Crippen LogP contribution in [0.25, 0.3) is 0 Å². The molecular weight excluding hydrogens is 459 g/mol. The largest absolute Gasteiger partial charge is 0.499 e. The van der Waals surface area contributed by atoms with Gasteiger partial charge < -0.3 is 4.74 Å². The predicted octanol–water partition coefficient (Wildman–Crippen LogP) is 10.1. The first kappa shape index (κ1) is 28.2. The summed E-state index contributed by atoms with van der Waals surface area (Å²) in [5.74, 6) is 2.96. The zero-order chi connectivity index (χ0) is 25.3. The maximum atomic E-state index is 13.0. The Labute approximate surface area is 208 Å². The zero-order valence-corrected chi connectivity index (χ0v) is 21.2. The average Bonchev–Trinajstić information content (AvgIpc) is 2.83. The van der Waals surface area contributed by atoms with Gasteiger partial charge in [0.05, 0.1) is 0 Å². The highest BCUT2D eigenvalue weighted by atomic mass is 19.4. The molecule has 35 heavy (non-hydrogen) atoms. The standard InChI is InChI=1S/C29H43F5O/c1-2-3-4-5-6-7-22-10-16-25(17-11-22)26-18-12-23(13-19-26)8-9-24-14-20-27(21-15-24)35-29(33,34)28(30,31)32/h14-15,20-23,25-26H,2-13,16-19H2,1H3. The summed E-state index contributed by atoms with van der Waals surface area (Å²) in [4.78, 5) is 0. The number of unbranched alkanes of at least 4 members (excludes halogenated alkanes) is 4. The van der Waals surface area contributed by atoms with E-state index in [-0.39, 0.29) is 0 Å². The lowest BCUT2D eigenvalue weighted by Gasteiger charge is -2.38. The van der Waals surface area contributed by atoms with Gasteiger partial charge in [-0.1, -0.05) is 83.3 Å². The van der Waals surface area contributed by atoms with Crippen LogP contribution in [0.3, 0.4) is 0 Å². The van der Waals surface area contributed by atoms with Crippen molar-refractivity contribution in [3.05, 3.63) is 29.8 Å². The van der Waals surface area contributed by atoms with Gasteiger partial charge >= 0.3 is 12.3 Å². The summed E-state index contributed by atoms with van der Waals surface area (Å²) in [6.45, 7) is 2.27. The SMILES string of the molecule is CCCCCCCC1CCC(C2CCC(CCc3ccc(OC(F)(F)C(F)(F)F)cc3)CC2)CC1. The summed E-state index contributed by atoms with van der Waals surface area (Å²) in [6, 6.07) is 5.59. The molecule has 200 valence electrons. The molecule has 3 rings (SSSR count). The lowest BCUT2D eigenvalue weighted by Crippen LogP contribution is -2.41. The Hall–Kier alpha value is -1.33. The molecule has 0 unspecified atom stereocenters. The van der Waals surface area contributed by atoms with E-state index in [1.165, 1.54) is 102 Å². The second kappa shape index (κ2) is 13.3. The number of hydrogen-bond acceptors (Lipinski definition) is 1. The highest BCUT2D eigenvalue weighted by Crippen LogP contribution is 2.43. The molecule has 2 fully saturated rings. The Kier molecular flexibility index (Phi) is 10.7. The fourth-order valence-electron chi connectivity index (χ4n) is 6.23. The number of rotatable bonds is 12. The van der Waals surface area contributed by atoms with Crippen molar-refractivity contribution in [2.45, 2.75) is 122 Å². The van der Waals surface area contributed by atoms with E-state index in [4.69, 9.17) is 0 Å². The Balaban J connectivity index is 1.31. The van der Waals surface area contributed by atoms with E-state index < -0.39 is 18.0 Å². The minimum atomic E-state index is -5.72. The van der Waals surface area contributed by atoms with Crippen molar-refractivity contribution >= 4 is 0 Å². The van der Waals surface area contributed by atoms with Crippen molar-refractivity contribution in [3.63, 3.8) is 0 Å². The molecule has 0 aromatic heterocycles. The number of halogens is 5. The molecule has 1 nitrogen and oxygen atoms in total. The van der Waals surface area contributed by atoms with Gasteiger partial charge in [0.1, 0.15) is 5.75 Å². The second-order valence-corrected chi connectivity index (χ2v) is 11.1. The van der Waals surface area contributed by atoms with Gasteiger partial charge in [0.15, 0.2) is 0 Å². The molecule has 6 heteroatoms. The van der Waals surface area contributed by atoms with Gasteiger partial charge in [-0.2, -0.15) is 22.0 Å². The van der Waals surface area contributed by atoms with Gasteiger partial charge in [-0.15, -0.1) is 0 Å². The van der Waals surface area contributed by atoms with Gasteiger partial charge in [0, 0.05) is 0 Å². The zero-order valence-electron chi connectivity index (χ0n) is 21.2. The summed E-state index contributed by atoms with van der Waals surface area (Å²) in [5, 5.41) is 0. The van der Waals surface area contributed by atoms with E-state index in [2.05, 4.69) is 11.7 Å². The summed E-state index contributed by atoms with van der Waals surface area (Å²) in [7, 11) is 0. The van der Waals surface area contributed by atoms with Crippen LogP contribution in [0.1, 0.15) is 109 Å². The number of benzene rings is 1. The van der Waals surface area contributed by atoms with Crippen LogP contribution in [0.5, 0.6) is 5.75 Å². The molecule has 2 aliphatic carbocycles. The molecule has 2 saturated carbocycles. The first-order valence-corrected chi connectivity index (χ1v) is 13.9. The minimum Gasteiger partial charge on any atom is -0.426 e. The first-order chi connectivity index (χ1) is 16.7. The van der Waals surface area contributed by atoms with Gasteiger partial charge in [-0.3, -0.25) is 0 Å². The van der Waals surface area contributed by atoms with Crippen LogP contribution in [0.2, 0.25) is 0 Å². The number of hydrogen-bond donors (Lipinski definition) is 0. The third-order valence-electron chi connectivity index (χ3n) is 8.51. The molecule has 1 aromatic rings. The lowest BCUT2D eigenvalue weighted by molar-refractivity contribution is -0.360. The van der Waals surface area contributed by atoms with Gasteiger partial charge in [-0.05, 0) is 79.9 Å². The van der Waals surface area contributed by atoms with Crippen molar-refractivity contribution in [3.8, 4) is 5.75 Å². The summed E-state index contributed by atoms with van der Waals surface area (Å²) in [6.07, 6.45) is 10.1. The van der Waals surface area contributed by atoms with Crippen LogP contribution < -0.4 is 4.74 Å². The summed E-state index contributed by atoms with van der Waals surface area (Å²) < 4.78 is 66.8. The third-order valence-corrected chi connectivity index (χ3v) is 8.51. The molecule has 0 saturated heterocycles. The Bertz CT molecular complexity index is 714. The number of aryl methyl sites for hydroxylation is 1. The van der Waals surface area contributed by atoms with E-state index >= 15 is 0 Å². The van der Waals surface area contributed by atoms with E-state index in [9.17, 15) is 22.0 Å². The summed E-state index contributed by atoms with van der Waals surface area (Å²) in [5.41, 5.74) is 0.947. The topological polar surface area (TPSA) is 9.23 Å². The van der Waals surface area contributed by atoms with Crippen molar-refractivity contribution in [2.24, 2.45) is 23.7 Å². The quantitative estimate of drug-likeness (QED) is 0.204. The Morgan fingerprint density at radius 3 is 1.71 bits per heavy atom. The molecule has 0 heterocycles. The molecule has 0 N–H and O–H groups in total. The van der Waals surface area contributed by atoms with Crippen LogP contribution in [0.15, 0.2) is 24.3 Å². The van der Waals surface area contributed by atoms with Crippen LogP contribution in [0.4, 0.5) is 22.0 Å². The Morgan fingerprint density at radius 2 is 1.20 bits per heavy atom. The molecule has 0 spiro atoms. The fourth-order valence-corrected chi connectivity index (χ4v) is 6.23. The van der Waals surface area contributed by atoms with E-state index in [1.54, 1.807) is 12.1 Å². The van der Waals surface area contributed by atoms with Gasteiger partial charge in [0.2, 0.25) is 0 Å². The average molecular weight is 503 g/mol. The molecule has 0 amide bonds. The highest BCUT2D eigenvalue weighted by Gasteiger charge is 2.61. The predicted molar refractivity (Wildman–Crippen MR) is 131 cm³/mol. The monoisotopic (exact) mass is 502 g/mol. The lowest BCUT2D eigenvalue weighted by atomic mass is 9.68. The molecule has 0 radical (unpaired) electrons. The van der Waals surface area contributed by atoms with E-state index in [0.29, 0.717) is 5.92 Å². The third kappa shape index (κ3) is 8.93. The van der Waals surface area contributed by atoms with Crippen LogP contribution in [-0.2, 0) is 6.42 Å². The smallest absolute Gasteiger partial charge is 0.426 e. The van der Waals surface area contributed by atoms with Crippen molar-refractivity contribution < 1.29 is 26.7 Å². The molecule has 1 aromatic carbocycles. The Morgan fingerprint density at radius 1 is 0.686 bits per heavy atom. The van der Waals surface area contributed by atoms with Crippen molar-refractivity contribution in [1.29, 1.82) is 0 Å².